The zero-order chi connectivity index (χ0) is 24.2. The Bertz CT molecular complexity index is 1320. The molecule has 0 bridgehead atoms. The van der Waals surface area contributed by atoms with Gasteiger partial charge < -0.3 is 4.42 Å². The molecule has 0 fully saturated rings. The molecule has 1 heterocycles. The van der Waals surface area contributed by atoms with Crippen LogP contribution in [0, 0.1) is 12.7 Å². The molecule has 0 radical (unpaired) electrons. The second-order valence-electron chi connectivity index (χ2n) is 7.58. The number of nitrogens with zero attached hydrogens (tertiary/aromatic N) is 1. The summed E-state index contributed by atoms with van der Waals surface area (Å²) in [7, 11) is 0. The largest absolute Gasteiger partial charge is 0.455 e. The van der Waals surface area contributed by atoms with Gasteiger partial charge in [0.1, 0.15) is 11.6 Å². The minimum atomic E-state index is -0.681. The van der Waals surface area contributed by atoms with Gasteiger partial charge in [-0.3, -0.25) is 25.2 Å². The van der Waals surface area contributed by atoms with Crippen molar-refractivity contribution in [3.8, 4) is 0 Å². The predicted molar refractivity (Wildman–Crippen MR) is 123 cm³/mol. The van der Waals surface area contributed by atoms with Crippen LogP contribution in [0.4, 0.5) is 4.39 Å². The van der Waals surface area contributed by atoms with Gasteiger partial charge in [0.2, 0.25) is 0 Å². The number of hydrazine groups is 1. The van der Waals surface area contributed by atoms with Gasteiger partial charge in [-0.2, -0.15) is 5.10 Å². The molecule has 0 atom stereocenters. The number of aryl methyl sites for hydroxylation is 1. The monoisotopic (exact) mass is 482 g/mol. The van der Waals surface area contributed by atoms with Gasteiger partial charge in [0.05, 0.1) is 21.9 Å². The summed E-state index contributed by atoms with van der Waals surface area (Å²) < 4.78 is 19.6. The molecule has 10 heteroatoms. The standard InChI is InChI=1S/C24H20ClFN4O4/c1-13-20-18(27-28-23(32)15-8-3-5-10-17(15)26)11-6-12-19(20)34-21(13)24(33)30-29-22(31)14-7-2-4-9-16(14)25/h2-5,7-10H,6,11-12H2,1H3,(H,28,32)(H,29,31)(H,30,33)/b27-18+. The average Bonchev–Trinajstić information content (AvgIpc) is 3.18. The number of furan rings is 1. The van der Waals surface area contributed by atoms with E-state index in [9.17, 15) is 18.8 Å². The van der Waals surface area contributed by atoms with Crippen molar-refractivity contribution in [2.24, 2.45) is 5.10 Å². The lowest BCUT2D eigenvalue weighted by atomic mass is 9.93. The Hall–Kier alpha value is -3.98. The topological polar surface area (TPSA) is 113 Å². The summed E-state index contributed by atoms with van der Waals surface area (Å²) in [6, 6.07) is 12.0. The Morgan fingerprint density at radius 3 is 2.35 bits per heavy atom. The Labute approximate surface area is 199 Å². The van der Waals surface area contributed by atoms with Crippen molar-refractivity contribution >= 4 is 35.0 Å². The number of hydrogen-bond donors (Lipinski definition) is 3. The summed E-state index contributed by atoms with van der Waals surface area (Å²) in [6.45, 7) is 1.69. The van der Waals surface area contributed by atoms with Gasteiger partial charge in [-0.1, -0.05) is 35.9 Å². The van der Waals surface area contributed by atoms with Crippen molar-refractivity contribution in [2.75, 3.05) is 0 Å². The molecule has 0 saturated heterocycles. The van der Waals surface area contributed by atoms with Crippen LogP contribution in [0.3, 0.4) is 0 Å². The first-order chi connectivity index (χ1) is 16.4. The van der Waals surface area contributed by atoms with Crippen LogP contribution in [0.2, 0.25) is 5.02 Å². The predicted octanol–water partition coefficient (Wildman–Crippen LogP) is 3.93. The number of rotatable bonds is 4. The highest BCUT2D eigenvalue weighted by Gasteiger charge is 2.28. The van der Waals surface area contributed by atoms with Crippen LogP contribution >= 0.6 is 11.6 Å². The molecular weight excluding hydrogens is 463 g/mol. The maximum Gasteiger partial charge on any atom is 0.305 e. The Kier molecular flexibility index (Phi) is 6.74. The number of carbonyl (C=O) groups excluding carboxylic acids is 3. The number of fused-ring (bicyclic) bond motifs is 1. The fraction of sp³-hybridized carbons (Fsp3) is 0.167. The molecule has 0 saturated carbocycles. The number of amides is 3. The first-order valence-electron chi connectivity index (χ1n) is 10.5. The summed E-state index contributed by atoms with van der Waals surface area (Å²) in [5.74, 6) is -2.00. The number of benzene rings is 2. The van der Waals surface area contributed by atoms with Gasteiger partial charge in [-0.05, 0) is 44.0 Å². The fourth-order valence-corrected chi connectivity index (χ4v) is 3.93. The second kappa shape index (κ2) is 9.88. The molecule has 0 unspecified atom stereocenters. The zero-order valence-corrected chi connectivity index (χ0v) is 18.8. The zero-order valence-electron chi connectivity index (χ0n) is 18.1. The van der Waals surface area contributed by atoms with E-state index >= 15 is 0 Å². The molecule has 8 nitrogen and oxygen atoms in total. The maximum atomic E-state index is 13.9. The molecule has 34 heavy (non-hydrogen) atoms. The Morgan fingerprint density at radius 1 is 0.941 bits per heavy atom. The van der Waals surface area contributed by atoms with Crippen LogP contribution < -0.4 is 16.3 Å². The molecule has 0 aliphatic heterocycles. The number of halogens is 2. The smallest absolute Gasteiger partial charge is 0.305 e. The van der Waals surface area contributed by atoms with Gasteiger partial charge in [0.15, 0.2) is 5.76 Å². The summed E-state index contributed by atoms with van der Waals surface area (Å²) in [5, 5.41) is 4.42. The van der Waals surface area contributed by atoms with Crippen molar-refractivity contribution in [1.29, 1.82) is 0 Å². The van der Waals surface area contributed by atoms with Crippen LogP contribution in [-0.2, 0) is 6.42 Å². The highest BCUT2D eigenvalue weighted by atomic mass is 35.5. The van der Waals surface area contributed by atoms with E-state index in [1.165, 1.54) is 24.3 Å². The first-order valence-corrected chi connectivity index (χ1v) is 10.8. The summed E-state index contributed by atoms with van der Waals surface area (Å²) >= 11 is 6.01. The van der Waals surface area contributed by atoms with Crippen molar-refractivity contribution in [1.82, 2.24) is 16.3 Å². The van der Waals surface area contributed by atoms with E-state index in [0.717, 1.165) is 0 Å². The van der Waals surface area contributed by atoms with E-state index in [-0.39, 0.29) is 21.9 Å². The van der Waals surface area contributed by atoms with Crippen LogP contribution in [0.25, 0.3) is 0 Å². The Balaban J connectivity index is 1.50. The van der Waals surface area contributed by atoms with E-state index in [4.69, 9.17) is 16.0 Å². The minimum Gasteiger partial charge on any atom is -0.455 e. The minimum absolute atomic E-state index is 0.0134. The third kappa shape index (κ3) is 4.69. The van der Waals surface area contributed by atoms with Crippen molar-refractivity contribution < 1.29 is 23.2 Å². The summed E-state index contributed by atoms with van der Waals surface area (Å²) in [5.41, 5.74) is 8.75. The Morgan fingerprint density at radius 2 is 1.62 bits per heavy atom. The van der Waals surface area contributed by atoms with Gasteiger partial charge in [0, 0.05) is 17.5 Å². The molecule has 4 rings (SSSR count). The fourth-order valence-electron chi connectivity index (χ4n) is 3.70. The SMILES string of the molecule is Cc1c(C(=O)NNC(=O)c2ccccc2Cl)oc2c1/C(=N/NC(=O)c1ccccc1F)CCC2. The van der Waals surface area contributed by atoms with E-state index in [1.807, 2.05) is 0 Å². The first kappa shape index (κ1) is 23.2. The molecule has 3 N–H and O–H groups in total. The van der Waals surface area contributed by atoms with Crippen molar-refractivity contribution in [2.45, 2.75) is 26.2 Å². The van der Waals surface area contributed by atoms with Gasteiger partial charge in [0.25, 0.3) is 11.8 Å². The van der Waals surface area contributed by atoms with Gasteiger partial charge in [-0.15, -0.1) is 0 Å². The lowest BCUT2D eigenvalue weighted by Crippen LogP contribution is -2.41. The molecule has 3 aromatic rings. The molecule has 2 aromatic carbocycles. The van der Waals surface area contributed by atoms with Crippen molar-refractivity contribution in [3.05, 3.63) is 93.1 Å². The molecule has 1 aromatic heterocycles. The second-order valence-corrected chi connectivity index (χ2v) is 7.98. The molecule has 1 aliphatic rings. The van der Waals surface area contributed by atoms with E-state index < -0.39 is 23.5 Å². The van der Waals surface area contributed by atoms with Crippen LogP contribution in [0.5, 0.6) is 0 Å². The van der Waals surface area contributed by atoms with Crippen LogP contribution in [-0.4, -0.2) is 23.4 Å². The lowest BCUT2D eigenvalue weighted by Gasteiger charge is -2.13. The molecule has 3 amide bonds. The van der Waals surface area contributed by atoms with Gasteiger partial charge >= 0.3 is 5.91 Å². The maximum absolute atomic E-state index is 13.9. The number of hydrogen-bond acceptors (Lipinski definition) is 5. The van der Waals surface area contributed by atoms with Gasteiger partial charge in [-0.25, -0.2) is 9.82 Å². The van der Waals surface area contributed by atoms with Crippen molar-refractivity contribution in [3.63, 3.8) is 0 Å². The van der Waals surface area contributed by atoms with E-state index in [1.54, 1.807) is 31.2 Å². The van der Waals surface area contributed by atoms with E-state index in [2.05, 4.69) is 21.4 Å². The molecule has 174 valence electrons. The molecule has 1 aliphatic carbocycles. The number of carbonyl (C=O) groups is 3. The summed E-state index contributed by atoms with van der Waals surface area (Å²) in [4.78, 5) is 37.3. The highest BCUT2D eigenvalue weighted by Crippen LogP contribution is 2.29. The van der Waals surface area contributed by atoms with Crippen LogP contribution in [0.1, 0.15) is 61.0 Å². The average molecular weight is 483 g/mol. The number of hydrazone groups is 1. The highest BCUT2D eigenvalue weighted by molar-refractivity contribution is 6.33. The third-order valence-electron chi connectivity index (χ3n) is 5.35. The third-order valence-corrected chi connectivity index (χ3v) is 5.68. The quantitative estimate of drug-likeness (QED) is 0.489. The lowest BCUT2D eigenvalue weighted by molar-refractivity contribution is 0.0829. The summed E-state index contributed by atoms with van der Waals surface area (Å²) in [6.07, 6.45) is 1.81. The number of nitrogens with one attached hydrogen (secondary N) is 3. The molecule has 0 spiro atoms. The normalized spacial score (nSPS) is 13.8. The molecular formula is C24H20ClFN4O4. The van der Waals surface area contributed by atoms with E-state index in [0.29, 0.717) is 41.9 Å². The van der Waals surface area contributed by atoms with Crippen LogP contribution in [0.15, 0.2) is 58.0 Å².